The first-order chi connectivity index (χ1) is 12.5. The van der Waals surface area contributed by atoms with E-state index in [1.54, 1.807) is 10.9 Å². The Hall–Kier alpha value is -3.16. The van der Waals surface area contributed by atoms with Crippen LogP contribution in [-0.4, -0.2) is 36.8 Å². The minimum Gasteiger partial charge on any atom is -0.364 e. The summed E-state index contributed by atoms with van der Waals surface area (Å²) in [6.07, 6.45) is 6.30. The number of fused-ring (bicyclic) bond motifs is 1. The Labute approximate surface area is 151 Å². The van der Waals surface area contributed by atoms with Gasteiger partial charge in [0.05, 0.1) is 6.04 Å². The Kier molecular flexibility index (Phi) is 3.75. The zero-order chi connectivity index (χ0) is 18.4. The van der Waals surface area contributed by atoms with Crippen molar-refractivity contribution in [2.24, 2.45) is 19.8 Å². The van der Waals surface area contributed by atoms with Crippen molar-refractivity contribution in [2.45, 2.75) is 19.4 Å². The topological polar surface area (TPSA) is 94.9 Å². The molecule has 0 saturated heterocycles. The van der Waals surface area contributed by atoms with E-state index in [-0.39, 0.29) is 6.04 Å². The maximum absolute atomic E-state index is 11.8. The average Bonchev–Trinajstić information content (AvgIpc) is 3.20. The third kappa shape index (κ3) is 2.45. The van der Waals surface area contributed by atoms with Crippen LogP contribution < -0.4 is 10.6 Å². The second-order valence-electron chi connectivity index (χ2n) is 6.58. The molecule has 1 aliphatic rings. The van der Waals surface area contributed by atoms with E-state index in [2.05, 4.69) is 26.9 Å². The molecular formula is C18H21N7O. The average molecular weight is 351 g/mol. The smallest absolute Gasteiger partial charge is 0.269 e. The van der Waals surface area contributed by atoms with Crippen LogP contribution in [0.3, 0.4) is 0 Å². The molecule has 8 nitrogen and oxygen atoms in total. The number of hydrogen-bond acceptors (Lipinski definition) is 5. The lowest BCUT2D eigenvalue weighted by atomic mass is 9.97. The first kappa shape index (κ1) is 16.3. The predicted molar refractivity (Wildman–Crippen MR) is 97.6 cm³/mol. The van der Waals surface area contributed by atoms with Crippen molar-refractivity contribution in [1.29, 1.82) is 0 Å². The van der Waals surface area contributed by atoms with Crippen LogP contribution in [0.15, 0.2) is 30.7 Å². The molecule has 134 valence electrons. The van der Waals surface area contributed by atoms with E-state index in [1.807, 2.05) is 43.2 Å². The quantitative estimate of drug-likeness (QED) is 0.770. The summed E-state index contributed by atoms with van der Waals surface area (Å²) in [6, 6.07) is 3.98. The van der Waals surface area contributed by atoms with Gasteiger partial charge in [0.25, 0.3) is 5.91 Å². The molecule has 0 radical (unpaired) electrons. The van der Waals surface area contributed by atoms with Crippen LogP contribution in [0.25, 0.3) is 11.4 Å². The van der Waals surface area contributed by atoms with E-state index in [9.17, 15) is 4.79 Å². The zero-order valence-electron chi connectivity index (χ0n) is 15.0. The molecule has 0 saturated carbocycles. The fraction of sp³-hybridized carbons (Fsp3) is 0.333. The third-order valence-corrected chi connectivity index (χ3v) is 5.04. The highest BCUT2D eigenvalue weighted by Gasteiger charge is 2.32. The number of nitrogens with two attached hydrogens (primary N) is 1. The lowest BCUT2D eigenvalue weighted by Gasteiger charge is -2.35. The lowest BCUT2D eigenvalue weighted by molar-refractivity contribution is 0.0993. The molecule has 0 fully saturated rings. The molecule has 1 atom stereocenters. The lowest BCUT2D eigenvalue weighted by Crippen LogP contribution is -2.35. The molecule has 4 rings (SSSR count). The van der Waals surface area contributed by atoms with Gasteiger partial charge in [-0.2, -0.15) is 5.10 Å². The second kappa shape index (κ2) is 5.98. The SMILES string of the molecule is CC1c2c(C(N)=O)nn(C)c2CCN1c1ccc(-c2nccn2C)cn1. The number of aryl methyl sites for hydroxylation is 2. The number of nitrogens with zero attached hydrogens (tertiary/aromatic N) is 6. The van der Waals surface area contributed by atoms with Crippen LogP contribution in [0.5, 0.6) is 0 Å². The predicted octanol–water partition coefficient (Wildman–Crippen LogP) is 1.44. The Morgan fingerprint density at radius 2 is 2.08 bits per heavy atom. The number of carbonyl (C=O) groups is 1. The van der Waals surface area contributed by atoms with Gasteiger partial charge in [-0.1, -0.05) is 0 Å². The highest BCUT2D eigenvalue weighted by atomic mass is 16.1. The molecule has 2 N–H and O–H groups in total. The number of imidazole rings is 1. The minimum atomic E-state index is -0.492. The molecular weight excluding hydrogens is 330 g/mol. The maximum atomic E-state index is 11.8. The zero-order valence-corrected chi connectivity index (χ0v) is 15.0. The van der Waals surface area contributed by atoms with Crippen LogP contribution in [0.4, 0.5) is 5.82 Å². The normalized spacial score (nSPS) is 16.6. The molecule has 0 aliphatic carbocycles. The molecule has 0 aromatic carbocycles. The van der Waals surface area contributed by atoms with E-state index in [1.165, 1.54) is 0 Å². The van der Waals surface area contributed by atoms with Crippen LogP contribution >= 0.6 is 0 Å². The van der Waals surface area contributed by atoms with E-state index >= 15 is 0 Å². The number of rotatable bonds is 3. The Bertz CT molecular complexity index is 970. The molecule has 26 heavy (non-hydrogen) atoms. The van der Waals surface area contributed by atoms with Gasteiger partial charge < -0.3 is 15.2 Å². The van der Waals surface area contributed by atoms with E-state index < -0.39 is 5.91 Å². The van der Waals surface area contributed by atoms with Crippen molar-refractivity contribution in [2.75, 3.05) is 11.4 Å². The van der Waals surface area contributed by atoms with Gasteiger partial charge >= 0.3 is 0 Å². The molecule has 0 spiro atoms. The summed E-state index contributed by atoms with van der Waals surface area (Å²) in [7, 11) is 3.81. The summed E-state index contributed by atoms with van der Waals surface area (Å²) in [5.74, 6) is 1.25. The Balaban J connectivity index is 1.67. The molecule has 3 aromatic rings. The van der Waals surface area contributed by atoms with E-state index in [0.717, 1.165) is 41.4 Å². The standard InChI is InChI=1S/C18H21N7O/c1-11-15-13(24(3)22-16(15)17(19)26)6-8-25(11)14-5-4-12(10-21-14)18-20-7-9-23(18)2/h4-5,7,9-11H,6,8H2,1-3H3,(H2,19,26). The van der Waals surface area contributed by atoms with E-state index in [4.69, 9.17) is 5.73 Å². The maximum Gasteiger partial charge on any atom is 0.269 e. The van der Waals surface area contributed by atoms with Gasteiger partial charge in [-0.05, 0) is 19.1 Å². The molecule has 0 bridgehead atoms. The Morgan fingerprint density at radius 3 is 2.69 bits per heavy atom. The van der Waals surface area contributed by atoms with Gasteiger partial charge in [-0.15, -0.1) is 0 Å². The fourth-order valence-electron chi connectivity index (χ4n) is 3.71. The summed E-state index contributed by atoms with van der Waals surface area (Å²) < 4.78 is 3.72. The van der Waals surface area contributed by atoms with Gasteiger partial charge in [0, 0.05) is 62.5 Å². The number of anilines is 1. The third-order valence-electron chi connectivity index (χ3n) is 5.04. The highest BCUT2D eigenvalue weighted by molar-refractivity contribution is 5.93. The number of carbonyl (C=O) groups excluding carboxylic acids is 1. The molecule has 8 heteroatoms. The van der Waals surface area contributed by atoms with Gasteiger partial charge in [-0.3, -0.25) is 9.48 Å². The largest absolute Gasteiger partial charge is 0.364 e. The molecule has 4 heterocycles. The summed E-state index contributed by atoms with van der Waals surface area (Å²) in [5, 5.41) is 4.31. The first-order valence-corrected chi connectivity index (χ1v) is 8.53. The molecule has 1 amide bonds. The number of aromatic nitrogens is 5. The van der Waals surface area contributed by atoms with Gasteiger partial charge in [0.2, 0.25) is 0 Å². The summed E-state index contributed by atoms with van der Waals surface area (Å²) >= 11 is 0. The minimum absolute atomic E-state index is 0.0264. The van der Waals surface area contributed by atoms with Crippen molar-refractivity contribution in [1.82, 2.24) is 24.3 Å². The van der Waals surface area contributed by atoms with Gasteiger partial charge in [0.1, 0.15) is 11.6 Å². The summed E-state index contributed by atoms with van der Waals surface area (Å²) in [4.78, 5) is 23.0. The van der Waals surface area contributed by atoms with Gasteiger partial charge in [0.15, 0.2) is 5.69 Å². The number of hydrogen-bond donors (Lipinski definition) is 1. The molecule has 1 aliphatic heterocycles. The van der Waals surface area contributed by atoms with Crippen molar-refractivity contribution in [3.05, 3.63) is 47.7 Å². The van der Waals surface area contributed by atoms with Gasteiger partial charge in [-0.25, -0.2) is 9.97 Å². The van der Waals surface area contributed by atoms with Crippen LogP contribution in [0.1, 0.15) is 34.7 Å². The van der Waals surface area contributed by atoms with E-state index in [0.29, 0.717) is 5.69 Å². The van der Waals surface area contributed by atoms with Crippen LogP contribution in [0.2, 0.25) is 0 Å². The van der Waals surface area contributed by atoms with Crippen molar-refractivity contribution >= 4 is 11.7 Å². The number of primary amides is 1. The monoisotopic (exact) mass is 351 g/mol. The highest BCUT2D eigenvalue weighted by Crippen LogP contribution is 2.34. The van der Waals surface area contributed by atoms with Crippen molar-refractivity contribution < 1.29 is 4.79 Å². The van der Waals surface area contributed by atoms with Crippen LogP contribution in [0, 0.1) is 0 Å². The number of pyridine rings is 1. The Morgan fingerprint density at radius 1 is 1.27 bits per heavy atom. The summed E-state index contributed by atoms with van der Waals surface area (Å²) in [6.45, 7) is 2.86. The first-order valence-electron chi connectivity index (χ1n) is 8.53. The van der Waals surface area contributed by atoms with Crippen molar-refractivity contribution in [3.8, 4) is 11.4 Å². The second-order valence-corrected chi connectivity index (χ2v) is 6.58. The molecule has 1 unspecified atom stereocenters. The van der Waals surface area contributed by atoms with Crippen LogP contribution in [-0.2, 0) is 20.5 Å². The molecule has 3 aromatic heterocycles. The number of amides is 1. The summed E-state index contributed by atoms with van der Waals surface area (Å²) in [5.41, 5.74) is 8.81. The fourth-order valence-corrected chi connectivity index (χ4v) is 3.71. The van der Waals surface area contributed by atoms with Crippen molar-refractivity contribution in [3.63, 3.8) is 0 Å².